The SMILES string of the molecule is NC(N)=NCCCC(NC(=O)C(N)Cc1ccc(O)cc1)C(=O)NC(CS)C(=O)NC(Cc1ccc(O)cc1)C(=O)O. The van der Waals surface area contributed by atoms with Crippen molar-refractivity contribution >= 4 is 42.3 Å². The molecule has 0 aliphatic rings. The lowest BCUT2D eigenvalue weighted by Gasteiger charge is -2.24. The molecule has 2 aromatic rings. The largest absolute Gasteiger partial charge is 0.508 e. The van der Waals surface area contributed by atoms with Gasteiger partial charge in [0, 0.05) is 18.7 Å². The molecular formula is C27H37N7O7S. The quantitative estimate of drug-likeness (QED) is 0.0471. The number of carbonyl (C=O) groups is 4. The summed E-state index contributed by atoms with van der Waals surface area (Å²) in [6.07, 6.45) is 0.458. The Bertz CT molecular complexity index is 1240. The molecule has 228 valence electrons. The minimum absolute atomic E-state index is 0.00812. The van der Waals surface area contributed by atoms with E-state index in [1.54, 1.807) is 12.1 Å². The number of aromatic hydroxyl groups is 2. The first-order valence-electron chi connectivity index (χ1n) is 13.0. The van der Waals surface area contributed by atoms with Gasteiger partial charge in [-0.25, -0.2) is 4.79 Å². The smallest absolute Gasteiger partial charge is 0.326 e. The van der Waals surface area contributed by atoms with Gasteiger partial charge in [-0.15, -0.1) is 0 Å². The highest BCUT2D eigenvalue weighted by Crippen LogP contribution is 2.13. The summed E-state index contributed by atoms with van der Waals surface area (Å²) in [4.78, 5) is 54.7. The molecule has 4 atom stereocenters. The van der Waals surface area contributed by atoms with Gasteiger partial charge in [0.15, 0.2) is 5.96 Å². The molecule has 0 radical (unpaired) electrons. The Labute approximate surface area is 248 Å². The van der Waals surface area contributed by atoms with Crippen LogP contribution in [-0.2, 0) is 32.0 Å². The van der Waals surface area contributed by atoms with E-state index in [1.807, 2.05) is 0 Å². The summed E-state index contributed by atoms with van der Waals surface area (Å²) < 4.78 is 0. The highest BCUT2D eigenvalue weighted by atomic mass is 32.1. The summed E-state index contributed by atoms with van der Waals surface area (Å²) >= 11 is 4.13. The van der Waals surface area contributed by atoms with E-state index in [0.29, 0.717) is 17.5 Å². The molecular weight excluding hydrogens is 566 g/mol. The first-order chi connectivity index (χ1) is 19.9. The number of benzene rings is 2. The van der Waals surface area contributed by atoms with Crippen molar-refractivity contribution in [3.8, 4) is 11.5 Å². The Morgan fingerprint density at radius 2 is 1.24 bits per heavy atom. The predicted octanol–water partition coefficient (Wildman–Crippen LogP) is -1.27. The average Bonchev–Trinajstić information content (AvgIpc) is 2.94. The third-order valence-corrected chi connectivity index (χ3v) is 6.48. The zero-order valence-corrected chi connectivity index (χ0v) is 23.7. The van der Waals surface area contributed by atoms with Crippen molar-refractivity contribution in [2.75, 3.05) is 12.3 Å². The van der Waals surface area contributed by atoms with Gasteiger partial charge in [-0.1, -0.05) is 24.3 Å². The second-order valence-corrected chi connectivity index (χ2v) is 9.87. The van der Waals surface area contributed by atoms with E-state index in [4.69, 9.17) is 17.2 Å². The lowest BCUT2D eigenvalue weighted by Crippen LogP contribution is -2.58. The van der Waals surface area contributed by atoms with Crippen molar-refractivity contribution in [2.24, 2.45) is 22.2 Å². The van der Waals surface area contributed by atoms with Crippen molar-refractivity contribution < 1.29 is 34.5 Å². The number of carboxylic acid groups (broad SMARTS) is 1. The number of nitrogens with zero attached hydrogens (tertiary/aromatic N) is 1. The molecule has 0 bridgehead atoms. The van der Waals surface area contributed by atoms with Crippen molar-refractivity contribution in [2.45, 2.75) is 49.9 Å². The van der Waals surface area contributed by atoms with Crippen molar-refractivity contribution in [1.29, 1.82) is 0 Å². The molecule has 2 rings (SSSR count). The highest BCUT2D eigenvalue weighted by Gasteiger charge is 2.30. The van der Waals surface area contributed by atoms with Crippen LogP contribution >= 0.6 is 12.6 Å². The molecule has 14 nitrogen and oxygen atoms in total. The summed E-state index contributed by atoms with van der Waals surface area (Å²) in [5.41, 5.74) is 18.0. The third kappa shape index (κ3) is 11.5. The zero-order valence-electron chi connectivity index (χ0n) is 22.8. The zero-order chi connectivity index (χ0) is 31.2. The number of carboxylic acids is 1. The molecule has 0 spiro atoms. The van der Waals surface area contributed by atoms with Crippen LogP contribution in [0.5, 0.6) is 11.5 Å². The van der Waals surface area contributed by atoms with Gasteiger partial charge >= 0.3 is 5.97 Å². The molecule has 0 saturated heterocycles. The first kappa shape index (κ1) is 33.7. The van der Waals surface area contributed by atoms with Gasteiger partial charge in [-0.2, -0.15) is 12.6 Å². The van der Waals surface area contributed by atoms with Crippen molar-refractivity contribution in [1.82, 2.24) is 16.0 Å². The molecule has 15 heteroatoms. The number of hydrogen-bond donors (Lipinski definition) is 10. The van der Waals surface area contributed by atoms with Gasteiger partial charge in [-0.3, -0.25) is 19.4 Å². The number of guanidine groups is 1. The molecule has 42 heavy (non-hydrogen) atoms. The number of hydrogen-bond acceptors (Lipinski definition) is 9. The fraction of sp³-hybridized carbons (Fsp3) is 0.370. The average molecular weight is 604 g/mol. The fourth-order valence-corrected chi connectivity index (χ4v) is 4.09. The predicted molar refractivity (Wildman–Crippen MR) is 159 cm³/mol. The van der Waals surface area contributed by atoms with Crippen molar-refractivity contribution in [3.05, 3.63) is 59.7 Å². The Hall–Kier alpha value is -4.50. The lowest BCUT2D eigenvalue weighted by molar-refractivity contribution is -0.142. The Morgan fingerprint density at radius 3 is 1.74 bits per heavy atom. The van der Waals surface area contributed by atoms with Crippen LogP contribution in [0.15, 0.2) is 53.5 Å². The molecule has 0 aromatic heterocycles. The maximum Gasteiger partial charge on any atom is 0.326 e. The number of carbonyl (C=O) groups excluding carboxylic acids is 3. The van der Waals surface area contributed by atoms with E-state index >= 15 is 0 Å². The van der Waals surface area contributed by atoms with Crippen LogP contribution < -0.4 is 33.2 Å². The van der Waals surface area contributed by atoms with E-state index in [0.717, 1.165) is 0 Å². The molecule has 0 fully saturated rings. The number of nitrogens with one attached hydrogen (secondary N) is 3. The monoisotopic (exact) mass is 603 g/mol. The number of phenols is 2. The summed E-state index contributed by atoms with van der Waals surface area (Å²) in [5, 5.41) is 36.0. The van der Waals surface area contributed by atoms with E-state index in [-0.39, 0.29) is 49.0 Å². The number of rotatable bonds is 16. The number of thiol groups is 1. The normalized spacial score (nSPS) is 13.6. The van der Waals surface area contributed by atoms with E-state index in [2.05, 4.69) is 33.6 Å². The summed E-state index contributed by atoms with van der Waals surface area (Å²) in [5.74, 6) is -3.67. The van der Waals surface area contributed by atoms with Crippen LogP contribution in [0, 0.1) is 0 Å². The molecule has 0 saturated carbocycles. The minimum Gasteiger partial charge on any atom is -0.508 e. The van der Waals surface area contributed by atoms with Gasteiger partial charge in [0.1, 0.15) is 29.6 Å². The maximum absolute atomic E-state index is 13.2. The van der Waals surface area contributed by atoms with Crippen molar-refractivity contribution in [3.63, 3.8) is 0 Å². The van der Waals surface area contributed by atoms with Gasteiger partial charge < -0.3 is 48.5 Å². The van der Waals surface area contributed by atoms with Crippen LogP contribution in [-0.4, -0.2) is 81.4 Å². The first-order valence-corrected chi connectivity index (χ1v) is 13.6. The van der Waals surface area contributed by atoms with E-state index in [9.17, 15) is 34.5 Å². The third-order valence-electron chi connectivity index (χ3n) is 6.11. The number of phenolic OH excluding ortho intramolecular Hbond substituents is 2. The standard InChI is InChI=1S/C27H37N7O7S/c28-19(12-15-3-7-17(35)8-4-15)23(37)32-20(2-1-11-31-27(29)30)24(38)34-22(14-42)25(39)33-21(26(40)41)13-16-5-9-18(36)10-6-16/h3-10,19-22,35-36,42H,1-2,11-14,28H2,(H,32,37)(H,33,39)(H,34,38)(H,40,41)(H4,29,30,31). The lowest BCUT2D eigenvalue weighted by atomic mass is 10.0. The number of amides is 3. The van der Waals surface area contributed by atoms with Gasteiger partial charge in [0.2, 0.25) is 17.7 Å². The second kappa shape index (κ2) is 16.7. The molecule has 2 aromatic carbocycles. The number of nitrogens with two attached hydrogens (primary N) is 3. The molecule has 0 heterocycles. The molecule has 0 aliphatic heterocycles. The van der Waals surface area contributed by atoms with Gasteiger partial charge in [0.05, 0.1) is 6.04 Å². The molecule has 4 unspecified atom stereocenters. The fourth-order valence-electron chi connectivity index (χ4n) is 3.84. The van der Waals surface area contributed by atoms with Crippen LogP contribution in [0.3, 0.4) is 0 Å². The van der Waals surface area contributed by atoms with E-state index < -0.39 is 47.9 Å². The molecule has 0 aliphatic carbocycles. The van der Waals surface area contributed by atoms with E-state index in [1.165, 1.54) is 36.4 Å². The number of aliphatic imine (C=N–C) groups is 1. The Kier molecular flexibility index (Phi) is 13.4. The molecule has 3 amide bonds. The second-order valence-electron chi connectivity index (χ2n) is 9.50. The van der Waals surface area contributed by atoms with Gasteiger partial charge in [0.25, 0.3) is 0 Å². The van der Waals surface area contributed by atoms with Crippen LogP contribution in [0.25, 0.3) is 0 Å². The summed E-state index contributed by atoms with van der Waals surface area (Å²) in [6, 6.07) is 7.28. The van der Waals surface area contributed by atoms with Crippen LogP contribution in [0.1, 0.15) is 24.0 Å². The Morgan fingerprint density at radius 1 is 0.762 bits per heavy atom. The van der Waals surface area contributed by atoms with Gasteiger partial charge in [-0.05, 0) is 54.7 Å². The summed E-state index contributed by atoms with van der Waals surface area (Å²) in [7, 11) is 0. The molecule has 12 N–H and O–H groups in total. The van der Waals surface area contributed by atoms with Crippen LogP contribution in [0.2, 0.25) is 0 Å². The minimum atomic E-state index is -1.32. The Balaban J connectivity index is 2.09. The summed E-state index contributed by atoms with van der Waals surface area (Å²) in [6.45, 7) is 0.176. The highest BCUT2D eigenvalue weighted by molar-refractivity contribution is 7.80. The topological polar surface area (TPSA) is 255 Å². The van der Waals surface area contributed by atoms with Crippen LogP contribution in [0.4, 0.5) is 0 Å². The number of aliphatic carboxylic acids is 1. The maximum atomic E-state index is 13.2.